The van der Waals surface area contributed by atoms with Gasteiger partial charge in [0.25, 0.3) is 0 Å². The lowest BCUT2D eigenvalue weighted by molar-refractivity contribution is 0.458. The quantitative estimate of drug-likeness (QED) is 0.782. The third-order valence-corrected chi connectivity index (χ3v) is 2.60. The Hall–Kier alpha value is -1.55. The molecule has 1 unspecified atom stereocenters. The maximum atomic E-state index is 5.29. The first kappa shape index (κ1) is 11.0. The monoisotopic (exact) mass is 219 g/mol. The molecule has 16 heavy (non-hydrogen) atoms. The van der Waals surface area contributed by atoms with Crippen LogP contribution >= 0.6 is 0 Å². The molecule has 0 spiro atoms. The number of hydrogen-bond acceptors (Lipinski definition) is 3. The largest absolute Gasteiger partial charge is 0.469 e. The second-order valence-electron chi connectivity index (χ2n) is 3.98. The third-order valence-electron chi connectivity index (χ3n) is 2.60. The highest BCUT2D eigenvalue weighted by atomic mass is 16.3. The Balaban J connectivity index is 1.66. The fraction of sp³-hybridized carbons (Fsp3) is 0.417. The van der Waals surface area contributed by atoms with Gasteiger partial charge in [-0.05, 0) is 31.5 Å². The number of aryl methyl sites for hydroxylation is 1. The summed E-state index contributed by atoms with van der Waals surface area (Å²) in [6, 6.07) is 6.39. The summed E-state index contributed by atoms with van der Waals surface area (Å²) in [6.07, 6.45) is 5.54. The van der Waals surface area contributed by atoms with E-state index in [1.807, 2.05) is 18.2 Å². The predicted octanol–water partition coefficient (Wildman–Crippen LogP) is 2.11. The van der Waals surface area contributed by atoms with Gasteiger partial charge in [-0.2, -0.15) is 5.10 Å². The molecule has 0 saturated carbocycles. The lowest BCUT2D eigenvalue weighted by Gasteiger charge is -2.11. The zero-order chi connectivity index (χ0) is 11.2. The number of aromatic nitrogens is 2. The van der Waals surface area contributed by atoms with Gasteiger partial charge in [0.1, 0.15) is 5.76 Å². The predicted molar refractivity (Wildman–Crippen MR) is 61.9 cm³/mol. The number of furan rings is 1. The second-order valence-corrected chi connectivity index (χ2v) is 3.98. The summed E-state index contributed by atoms with van der Waals surface area (Å²) in [5.74, 6) is 1.05. The van der Waals surface area contributed by atoms with Gasteiger partial charge in [0.2, 0.25) is 0 Å². The van der Waals surface area contributed by atoms with Crippen molar-refractivity contribution in [2.24, 2.45) is 0 Å². The molecule has 4 nitrogen and oxygen atoms in total. The van der Waals surface area contributed by atoms with Gasteiger partial charge in [-0.1, -0.05) is 0 Å². The van der Waals surface area contributed by atoms with Crippen LogP contribution in [0, 0.1) is 0 Å². The molecule has 0 aliphatic carbocycles. The first-order chi connectivity index (χ1) is 7.84. The number of nitrogens with one attached hydrogen (secondary N) is 2. The molecule has 0 amide bonds. The van der Waals surface area contributed by atoms with E-state index in [4.69, 9.17) is 4.42 Å². The number of nitrogens with zero attached hydrogens (tertiary/aromatic N) is 1. The van der Waals surface area contributed by atoms with E-state index in [0.29, 0.717) is 6.04 Å². The van der Waals surface area contributed by atoms with E-state index in [9.17, 15) is 0 Å². The molecular formula is C12H17N3O. The van der Waals surface area contributed by atoms with Gasteiger partial charge in [0.05, 0.1) is 6.26 Å². The van der Waals surface area contributed by atoms with Crippen molar-refractivity contribution in [2.75, 3.05) is 0 Å². The average molecular weight is 219 g/mol. The molecule has 2 N–H and O–H groups in total. The van der Waals surface area contributed by atoms with Gasteiger partial charge in [-0.3, -0.25) is 5.10 Å². The van der Waals surface area contributed by atoms with Crippen LogP contribution in [0.5, 0.6) is 0 Å². The molecular weight excluding hydrogens is 202 g/mol. The highest BCUT2D eigenvalue weighted by Crippen LogP contribution is 2.06. The van der Waals surface area contributed by atoms with Crippen molar-refractivity contribution in [3.63, 3.8) is 0 Å². The van der Waals surface area contributed by atoms with Crippen molar-refractivity contribution >= 4 is 0 Å². The number of aromatic amines is 1. The highest BCUT2D eigenvalue weighted by molar-refractivity contribution is 4.99. The van der Waals surface area contributed by atoms with Crippen LogP contribution in [0.1, 0.15) is 24.8 Å². The van der Waals surface area contributed by atoms with Crippen molar-refractivity contribution < 1.29 is 4.42 Å². The van der Waals surface area contributed by atoms with Crippen molar-refractivity contribution in [1.82, 2.24) is 15.5 Å². The molecule has 2 aromatic rings. The first-order valence-electron chi connectivity index (χ1n) is 5.58. The van der Waals surface area contributed by atoms with E-state index < -0.39 is 0 Å². The van der Waals surface area contributed by atoms with Crippen LogP contribution in [-0.4, -0.2) is 16.2 Å². The van der Waals surface area contributed by atoms with Gasteiger partial charge in [-0.25, -0.2) is 0 Å². The normalized spacial score (nSPS) is 12.8. The molecule has 2 aromatic heterocycles. The molecule has 0 saturated heterocycles. The van der Waals surface area contributed by atoms with E-state index in [2.05, 4.69) is 22.4 Å². The SMILES string of the molecule is CC(CCc1ccco1)NCc1ccn[nH]1. The van der Waals surface area contributed by atoms with E-state index >= 15 is 0 Å². The van der Waals surface area contributed by atoms with Gasteiger partial charge in [0, 0.05) is 30.9 Å². The van der Waals surface area contributed by atoms with Crippen LogP contribution in [0.4, 0.5) is 0 Å². The summed E-state index contributed by atoms with van der Waals surface area (Å²) in [6.45, 7) is 3.01. The summed E-state index contributed by atoms with van der Waals surface area (Å²) < 4.78 is 5.29. The number of rotatable bonds is 6. The molecule has 0 bridgehead atoms. The Bertz CT molecular complexity index is 342. The number of hydrogen-bond donors (Lipinski definition) is 2. The fourth-order valence-corrected chi connectivity index (χ4v) is 1.58. The Labute approximate surface area is 95.1 Å². The maximum absolute atomic E-state index is 5.29. The Kier molecular flexibility index (Phi) is 3.77. The molecule has 0 aliphatic rings. The van der Waals surface area contributed by atoms with Crippen LogP contribution in [0.15, 0.2) is 35.1 Å². The van der Waals surface area contributed by atoms with Crippen LogP contribution in [0.25, 0.3) is 0 Å². The lowest BCUT2D eigenvalue weighted by Crippen LogP contribution is -2.26. The Morgan fingerprint density at radius 2 is 2.44 bits per heavy atom. The summed E-state index contributed by atoms with van der Waals surface area (Å²) in [4.78, 5) is 0. The van der Waals surface area contributed by atoms with E-state index in [-0.39, 0.29) is 0 Å². The first-order valence-corrected chi connectivity index (χ1v) is 5.58. The van der Waals surface area contributed by atoms with Gasteiger partial charge in [-0.15, -0.1) is 0 Å². The highest BCUT2D eigenvalue weighted by Gasteiger charge is 2.04. The lowest BCUT2D eigenvalue weighted by atomic mass is 10.1. The van der Waals surface area contributed by atoms with Crippen molar-refractivity contribution in [2.45, 2.75) is 32.4 Å². The van der Waals surface area contributed by atoms with Crippen molar-refractivity contribution in [3.05, 3.63) is 42.1 Å². The molecule has 2 heterocycles. The minimum absolute atomic E-state index is 0.466. The Morgan fingerprint density at radius 1 is 1.50 bits per heavy atom. The maximum Gasteiger partial charge on any atom is 0.103 e. The molecule has 1 atom stereocenters. The third kappa shape index (κ3) is 3.24. The molecule has 0 aromatic carbocycles. The van der Waals surface area contributed by atoms with Gasteiger partial charge in [0.15, 0.2) is 0 Å². The van der Waals surface area contributed by atoms with Crippen LogP contribution in [0.2, 0.25) is 0 Å². The molecule has 0 aliphatic heterocycles. The van der Waals surface area contributed by atoms with Crippen LogP contribution < -0.4 is 5.32 Å². The summed E-state index contributed by atoms with van der Waals surface area (Å²) in [7, 11) is 0. The molecule has 0 fully saturated rings. The number of H-pyrrole nitrogens is 1. The van der Waals surface area contributed by atoms with E-state index in [0.717, 1.165) is 30.8 Å². The van der Waals surface area contributed by atoms with Crippen molar-refractivity contribution in [3.8, 4) is 0 Å². The summed E-state index contributed by atoms with van der Waals surface area (Å²) in [5, 5.41) is 10.3. The molecule has 4 heteroatoms. The standard InChI is InChI=1S/C12H17N3O/c1-10(4-5-12-3-2-8-16-12)13-9-11-6-7-14-15-11/h2-3,6-8,10,13H,4-5,9H2,1H3,(H,14,15). The van der Waals surface area contributed by atoms with Crippen LogP contribution in [-0.2, 0) is 13.0 Å². The summed E-state index contributed by atoms with van der Waals surface area (Å²) in [5.41, 5.74) is 1.12. The smallest absolute Gasteiger partial charge is 0.103 e. The van der Waals surface area contributed by atoms with Crippen molar-refractivity contribution in [1.29, 1.82) is 0 Å². The minimum atomic E-state index is 0.466. The zero-order valence-electron chi connectivity index (χ0n) is 9.44. The van der Waals surface area contributed by atoms with Crippen LogP contribution in [0.3, 0.4) is 0 Å². The molecule has 0 radical (unpaired) electrons. The zero-order valence-corrected chi connectivity index (χ0v) is 9.44. The van der Waals surface area contributed by atoms with Gasteiger partial charge >= 0.3 is 0 Å². The summed E-state index contributed by atoms with van der Waals surface area (Å²) >= 11 is 0. The van der Waals surface area contributed by atoms with E-state index in [1.165, 1.54) is 0 Å². The fourth-order valence-electron chi connectivity index (χ4n) is 1.58. The van der Waals surface area contributed by atoms with E-state index in [1.54, 1.807) is 12.5 Å². The molecule has 2 rings (SSSR count). The molecule has 86 valence electrons. The minimum Gasteiger partial charge on any atom is -0.469 e. The van der Waals surface area contributed by atoms with Gasteiger partial charge < -0.3 is 9.73 Å². The second kappa shape index (κ2) is 5.51. The topological polar surface area (TPSA) is 53.9 Å². The average Bonchev–Trinajstić information content (AvgIpc) is 2.96. The Morgan fingerprint density at radius 3 is 3.12 bits per heavy atom.